The van der Waals surface area contributed by atoms with Gasteiger partial charge in [-0.25, -0.2) is 13.4 Å². The molecule has 6 heteroatoms. The number of rotatable bonds is 3. The fourth-order valence-electron chi connectivity index (χ4n) is 0.822. The average molecular weight is 237 g/mol. The van der Waals surface area contributed by atoms with E-state index in [1.807, 2.05) is 0 Å². The van der Waals surface area contributed by atoms with Gasteiger partial charge in [0.25, 0.3) is 0 Å². The van der Waals surface area contributed by atoms with Crippen LogP contribution in [-0.4, -0.2) is 9.96 Å². The van der Waals surface area contributed by atoms with Crippen LogP contribution < -0.4 is 4.72 Å². The van der Waals surface area contributed by atoms with Crippen LogP contribution in [0.4, 0.5) is 10.1 Å². The zero-order chi connectivity index (χ0) is 10.8. The van der Waals surface area contributed by atoms with E-state index in [0.717, 1.165) is 6.07 Å². The Hall–Kier alpha value is -0.810. The van der Waals surface area contributed by atoms with Gasteiger partial charge in [-0.2, -0.15) is 0 Å². The van der Waals surface area contributed by atoms with Crippen LogP contribution in [0.25, 0.3) is 0 Å². The van der Waals surface area contributed by atoms with E-state index in [1.165, 1.54) is 12.1 Å². The van der Waals surface area contributed by atoms with Crippen molar-refractivity contribution >= 4 is 27.2 Å². The highest BCUT2D eigenvalue weighted by molar-refractivity contribution is 7.93. The molecule has 0 saturated carbocycles. The Morgan fingerprint density at radius 1 is 1.64 bits per heavy atom. The highest BCUT2D eigenvalue weighted by Crippen LogP contribution is 2.19. The third-order valence-corrected chi connectivity index (χ3v) is 3.21. The van der Waals surface area contributed by atoms with Gasteiger partial charge in [0.2, 0.25) is 0 Å². The molecule has 0 radical (unpaired) electrons. The number of halogens is 2. The number of hydrogen-bond donors (Lipinski definition) is 2. The first-order valence-electron chi connectivity index (χ1n) is 3.94. The molecule has 14 heavy (non-hydrogen) atoms. The largest absolute Gasteiger partial charge is 0.296 e. The van der Waals surface area contributed by atoms with E-state index in [2.05, 4.69) is 4.72 Å². The minimum atomic E-state index is -2.94. The average Bonchev–Trinajstić information content (AvgIpc) is 2.10. The molecule has 1 unspecified atom stereocenters. The van der Waals surface area contributed by atoms with Crippen LogP contribution >= 0.6 is 11.6 Å². The molecular formula is C8H10ClFN2OS. The van der Waals surface area contributed by atoms with E-state index < -0.39 is 15.7 Å². The van der Waals surface area contributed by atoms with Crippen molar-refractivity contribution in [1.29, 1.82) is 4.78 Å². The van der Waals surface area contributed by atoms with Crippen molar-refractivity contribution < 1.29 is 8.60 Å². The lowest BCUT2D eigenvalue weighted by atomic mass is 10.3. The molecule has 1 aromatic rings. The van der Waals surface area contributed by atoms with Crippen molar-refractivity contribution in [2.45, 2.75) is 6.92 Å². The van der Waals surface area contributed by atoms with Crippen molar-refractivity contribution in [3.05, 3.63) is 29.0 Å². The Kier molecular flexibility index (Phi) is 3.34. The summed E-state index contributed by atoms with van der Waals surface area (Å²) in [7, 11) is -2.94. The fourth-order valence-corrected chi connectivity index (χ4v) is 1.65. The predicted molar refractivity (Wildman–Crippen MR) is 56.4 cm³/mol. The number of nitrogens with one attached hydrogen (secondary N) is 2. The molecule has 0 fully saturated rings. The Labute approximate surface area is 87.4 Å². The monoisotopic (exact) mass is 236 g/mol. The van der Waals surface area contributed by atoms with Crippen LogP contribution in [0.15, 0.2) is 18.2 Å². The first-order chi connectivity index (χ1) is 6.44. The van der Waals surface area contributed by atoms with Gasteiger partial charge >= 0.3 is 0 Å². The van der Waals surface area contributed by atoms with Gasteiger partial charge in [0.05, 0.1) is 5.69 Å². The molecule has 0 aliphatic rings. The van der Waals surface area contributed by atoms with Gasteiger partial charge in [-0.15, -0.1) is 0 Å². The molecule has 0 bridgehead atoms. The lowest BCUT2D eigenvalue weighted by Gasteiger charge is -2.09. The summed E-state index contributed by atoms with van der Waals surface area (Å²) in [6.45, 7) is 1.59. The van der Waals surface area contributed by atoms with E-state index >= 15 is 0 Å². The summed E-state index contributed by atoms with van der Waals surface area (Å²) in [5.74, 6) is -0.486. The summed E-state index contributed by atoms with van der Waals surface area (Å²) in [5, 5.41) is 0.265. The quantitative estimate of drug-likeness (QED) is 0.833. The van der Waals surface area contributed by atoms with Gasteiger partial charge < -0.3 is 0 Å². The van der Waals surface area contributed by atoms with Crippen LogP contribution in [0, 0.1) is 10.6 Å². The second-order valence-corrected chi connectivity index (χ2v) is 5.26. The molecule has 2 N–H and O–H groups in total. The van der Waals surface area contributed by atoms with Gasteiger partial charge in [-0.1, -0.05) is 18.5 Å². The molecule has 1 aromatic carbocycles. The smallest absolute Gasteiger partial charge is 0.148 e. The second kappa shape index (κ2) is 4.14. The summed E-state index contributed by atoms with van der Waals surface area (Å²) in [6, 6.07) is 3.94. The topological polar surface area (TPSA) is 53.0 Å². The molecular weight excluding hydrogens is 227 g/mol. The standard InChI is InChI=1S/C8H10ClFN2OS/c1-2-14(11,13)12-8-4-3-6(9)5-7(8)10/h3-5H,2H2,1H3,(H2,11,12,13). The third-order valence-electron chi connectivity index (χ3n) is 1.61. The number of anilines is 1. The Balaban J connectivity index is 2.99. The molecule has 1 rings (SSSR count). The molecule has 78 valence electrons. The molecule has 3 nitrogen and oxygen atoms in total. The minimum absolute atomic E-state index is 0.0382. The van der Waals surface area contributed by atoms with E-state index in [4.69, 9.17) is 16.4 Å². The summed E-state index contributed by atoms with van der Waals surface area (Å²) in [4.78, 5) is 0. The second-order valence-electron chi connectivity index (χ2n) is 2.69. The Morgan fingerprint density at radius 3 is 2.79 bits per heavy atom. The minimum Gasteiger partial charge on any atom is -0.296 e. The number of benzene rings is 1. The van der Waals surface area contributed by atoms with Crippen molar-refractivity contribution in [2.24, 2.45) is 0 Å². The van der Waals surface area contributed by atoms with E-state index in [0.29, 0.717) is 0 Å². The van der Waals surface area contributed by atoms with E-state index in [1.54, 1.807) is 6.92 Å². The highest BCUT2D eigenvalue weighted by Gasteiger charge is 2.07. The molecule has 0 aliphatic carbocycles. The third kappa shape index (κ3) is 2.85. The number of hydrogen-bond acceptors (Lipinski definition) is 2. The van der Waals surface area contributed by atoms with Crippen LogP contribution in [0.5, 0.6) is 0 Å². The van der Waals surface area contributed by atoms with Crippen LogP contribution in [-0.2, 0) is 9.92 Å². The summed E-state index contributed by atoms with van der Waals surface area (Å²) >= 11 is 5.54. The van der Waals surface area contributed by atoms with Crippen molar-refractivity contribution in [3.63, 3.8) is 0 Å². The first kappa shape index (κ1) is 11.3. The van der Waals surface area contributed by atoms with Gasteiger partial charge in [0.15, 0.2) is 0 Å². The van der Waals surface area contributed by atoms with E-state index in [-0.39, 0.29) is 16.5 Å². The highest BCUT2D eigenvalue weighted by atomic mass is 35.5. The van der Waals surface area contributed by atoms with E-state index in [9.17, 15) is 8.60 Å². The lowest BCUT2D eigenvalue weighted by molar-refractivity contribution is 0.631. The maximum Gasteiger partial charge on any atom is 0.148 e. The van der Waals surface area contributed by atoms with Gasteiger partial charge in [-0.3, -0.25) is 4.72 Å². The molecule has 1 atom stereocenters. The Bertz CT molecular complexity index is 433. The Morgan fingerprint density at radius 2 is 2.29 bits per heavy atom. The van der Waals surface area contributed by atoms with Crippen molar-refractivity contribution in [2.75, 3.05) is 10.5 Å². The van der Waals surface area contributed by atoms with Crippen molar-refractivity contribution in [1.82, 2.24) is 0 Å². The normalized spacial score (nSPS) is 14.8. The predicted octanol–water partition coefficient (Wildman–Crippen LogP) is 2.87. The maximum atomic E-state index is 13.2. The molecule has 0 spiro atoms. The SMILES string of the molecule is CCS(=N)(=O)Nc1ccc(Cl)cc1F. The lowest BCUT2D eigenvalue weighted by Crippen LogP contribution is -2.13. The van der Waals surface area contributed by atoms with Crippen molar-refractivity contribution in [3.8, 4) is 0 Å². The summed E-state index contributed by atoms with van der Waals surface area (Å²) < 4.78 is 34.1. The van der Waals surface area contributed by atoms with Crippen LogP contribution in [0.3, 0.4) is 0 Å². The van der Waals surface area contributed by atoms with Crippen LogP contribution in [0.2, 0.25) is 5.02 Å². The van der Waals surface area contributed by atoms with Gasteiger partial charge in [0, 0.05) is 10.8 Å². The molecule has 0 heterocycles. The maximum absolute atomic E-state index is 13.2. The molecule has 0 saturated heterocycles. The van der Waals surface area contributed by atoms with Gasteiger partial charge in [-0.05, 0) is 18.2 Å². The molecule has 0 aromatic heterocycles. The van der Waals surface area contributed by atoms with Crippen LogP contribution in [0.1, 0.15) is 6.92 Å². The van der Waals surface area contributed by atoms with Gasteiger partial charge in [0.1, 0.15) is 15.7 Å². The summed E-state index contributed by atoms with van der Waals surface area (Å²) in [6.07, 6.45) is 0. The zero-order valence-corrected chi connectivity index (χ0v) is 9.08. The molecule has 0 amide bonds. The zero-order valence-electron chi connectivity index (χ0n) is 7.51. The first-order valence-corrected chi connectivity index (χ1v) is 6.04. The molecule has 0 aliphatic heterocycles. The fraction of sp³-hybridized carbons (Fsp3) is 0.250. The summed E-state index contributed by atoms with van der Waals surface area (Å²) in [5.41, 5.74) is 0.0382.